The summed E-state index contributed by atoms with van der Waals surface area (Å²) >= 11 is 0. The van der Waals surface area contributed by atoms with Gasteiger partial charge in [-0.25, -0.2) is 14.8 Å². The molecule has 1 unspecified atom stereocenters. The van der Waals surface area contributed by atoms with Gasteiger partial charge in [-0.2, -0.15) is 5.10 Å². The normalized spacial score (nSPS) is 19.5. The van der Waals surface area contributed by atoms with Gasteiger partial charge in [-0.3, -0.25) is 9.89 Å². The van der Waals surface area contributed by atoms with Crippen LogP contribution in [0.15, 0.2) is 42.9 Å². The number of hydrogen-bond acceptors (Lipinski definition) is 6. The van der Waals surface area contributed by atoms with Crippen molar-refractivity contribution in [2.24, 2.45) is 11.8 Å². The van der Waals surface area contributed by atoms with Crippen molar-refractivity contribution in [1.29, 1.82) is 0 Å². The predicted molar refractivity (Wildman–Crippen MR) is 115 cm³/mol. The van der Waals surface area contributed by atoms with Crippen LogP contribution in [0.3, 0.4) is 0 Å². The van der Waals surface area contributed by atoms with E-state index in [9.17, 15) is 9.59 Å². The lowest BCUT2D eigenvalue weighted by molar-refractivity contribution is -0.121. The number of hydrogen-bond donors (Lipinski definition) is 3. The highest BCUT2D eigenvalue weighted by Crippen LogP contribution is 2.32. The number of aromatic nitrogens is 4. The number of fused-ring (bicyclic) bond motifs is 1. The third-order valence-corrected chi connectivity index (χ3v) is 5.90. The molecule has 0 radical (unpaired) electrons. The maximum absolute atomic E-state index is 12.7. The van der Waals surface area contributed by atoms with Crippen molar-refractivity contribution in [2.75, 3.05) is 5.32 Å². The van der Waals surface area contributed by atoms with Gasteiger partial charge in [0.15, 0.2) is 5.65 Å². The van der Waals surface area contributed by atoms with Gasteiger partial charge in [0, 0.05) is 12.0 Å². The van der Waals surface area contributed by atoms with Gasteiger partial charge < -0.3 is 15.4 Å². The molecule has 3 N–H and O–H groups in total. The summed E-state index contributed by atoms with van der Waals surface area (Å²) in [6.45, 7) is 2.24. The molecule has 1 aromatic carbocycles. The zero-order valence-electron chi connectivity index (χ0n) is 17.4. The number of carbonyl (C=O) groups excluding carboxylic acids is 2. The van der Waals surface area contributed by atoms with Crippen LogP contribution in [-0.4, -0.2) is 38.2 Å². The van der Waals surface area contributed by atoms with Crippen molar-refractivity contribution in [3.63, 3.8) is 0 Å². The van der Waals surface area contributed by atoms with Crippen LogP contribution in [0, 0.1) is 11.8 Å². The Balaban J connectivity index is 1.23. The first kappa shape index (κ1) is 20.8. The monoisotopic (exact) mass is 422 g/mol. The molecule has 1 aliphatic rings. The van der Waals surface area contributed by atoms with Gasteiger partial charge in [0.2, 0.25) is 5.91 Å². The molecule has 3 aromatic rings. The second kappa shape index (κ2) is 9.55. The van der Waals surface area contributed by atoms with Crippen LogP contribution in [0.1, 0.15) is 38.2 Å². The summed E-state index contributed by atoms with van der Waals surface area (Å²) in [6.07, 6.45) is 5.85. The van der Waals surface area contributed by atoms with E-state index in [0.29, 0.717) is 22.8 Å². The molecule has 31 heavy (non-hydrogen) atoms. The van der Waals surface area contributed by atoms with E-state index >= 15 is 0 Å². The van der Waals surface area contributed by atoms with E-state index in [1.165, 1.54) is 6.33 Å². The number of rotatable bonds is 6. The second-order valence-corrected chi connectivity index (χ2v) is 7.95. The smallest absolute Gasteiger partial charge is 0.407 e. The summed E-state index contributed by atoms with van der Waals surface area (Å²) in [7, 11) is 0. The van der Waals surface area contributed by atoms with Crippen molar-refractivity contribution in [2.45, 2.75) is 45.3 Å². The first-order valence-electron chi connectivity index (χ1n) is 10.5. The Morgan fingerprint density at radius 3 is 2.71 bits per heavy atom. The summed E-state index contributed by atoms with van der Waals surface area (Å²) < 4.78 is 5.31. The molecule has 1 fully saturated rings. The Kier molecular flexibility index (Phi) is 6.40. The highest BCUT2D eigenvalue weighted by molar-refractivity contribution is 5.98. The number of ether oxygens (including phenoxy) is 1. The molecule has 0 spiro atoms. The fourth-order valence-corrected chi connectivity index (χ4v) is 4.03. The molecular formula is C22H26N6O3. The van der Waals surface area contributed by atoms with Gasteiger partial charge in [-0.15, -0.1) is 0 Å². The van der Waals surface area contributed by atoms with Crippen LogP contribution >= 0.6 is 0 Å². The first-order valence-corrected chi connectivity index (χ1v) is 10.5. The van der Waals surface area contributed by atoms with E-state index in [1.807, 2.05) is 37.3 Å². The molecule has 1 saturated carbocycles. The number of carbonyl (C=O) groups is 2. The second-order valence-electron chi connectivity index (χ2n) is 7.95. The van der Waals surface area contributed by atoms with E-state index < -0.39 is 6.09 Å². The maximum Gasteiger partial charge on any atom is 0.407 e. The van der Waals surface area contributed by atoms with Crippen molar-refractivity contribution in [3.05, 3.63) is 48.4 Å². The Hall–Kier alpha value is -3.49. The molecule has 1 aliphatic carbocycles. The van der Waals surface area contributed by atoms with Crippen LogP contribution in [0.2, 0.25) is 0 Å². The molecule has 0 aliphatic heterocycles. The maximum atomic E-state index is 12.7. The molecule has 0 saturated heterocycles. The van der Waals surface area contributed by atoms with E-state index in [0.717, 1.165) is 31.2 Å². The number of benzene rings is 1. The molecule has 4 rings (SSSR count). The van der Waals surface area contributed by atoms with Gasteiger partial charge in [-0.1, -0.05) is 30.3 Å². The summed E-state index contributed by atoms with van der Waals surface area (Å²) in [4.78, 5) is 33.1. The minimum absolute atomic E-state index is 0.0142. The zero-order valence-corrected chi connectivity index (χ0v) is 17.4. The fraction of sp³-hybridized carbons (Fsp3) is 0.409. The van der Waals surface area contributed by atoms with Gasteiger partial charge in [0.25, 0.3) is 0 Å². The topological polar surface area (TPSA) is 122 Å². The first-order chi connectivity index (χ1) is 15.1. The number of anilines is 1. The van der Waals surface area contributed by atoms with E-state index in [1.54, 1.807) is 6.20 Å². The average Bonchev–Trinajstić information content (AvgIpc) is 3.28. The zero-order chi connectivity index (χ0) is 21.6. The number of alkyl carbamates (subject to hydrolysis) is 1. The molecule has 0 bridgehead atoms. The van der Waals surface area contributed by atoms with Crippen LogP contribution in [-0.2, 0) is 16.1 Å². The van der Waals surface area contributed by atoms with E-state index in [-0.39, 0.29) is 24.5 Å². The summed E-state index contributed by atoms with van der Waals surface area (Å²) in [6, 6.07) is 9.57. The number of nitrogens with one attached hydrogen (secondary N) is 3. The molecule has 2 heterocycles. The third kappa shape index (κ3) is 5.17. The Bertz CT molecular complexity index is 1030. The average molecular weight is 422 g/mol. The Morgan fingerprint density at radius 1 is 1.16 bits per heavy atom. The van der Waals surface area contributed by atoms with Crippen molar-refractivity contribution >= 4 is 28.9 Å². The number of aromatic amines is 1. The lowest BCUT2D eigenvalue weighted by atomic mass is 9.78. The standard InChI is InChI=1S/C22H26N6O3/c1-14(26-22(30)31-12-15-5-3-2-4-6-15)16-7-9-17(10-8-16)21(29)27-19-18-11-25-28-20(18)24-13-23-19/h2-6,11,13-14,16-17H,7-10,12H2,1H3,(H,26,30)(H2,23,24,25,27,28,29)/t14?,16-,17-. The highest BCUT2D eigenvalue weighted by atomic mass is 16.5. The summed E-state index contributed by atoms with van der Waals surface area (Å²) in [5, 5.41) is 13.2. The van der Waals surface area contributed by atoms with Crippen LogP contribution in [0.25, 0.3) is 11.0 Å². The van der Waals surface area contributed by atoms with Crippen molar-refractivity contribution in [1.82, 2.24) is 25.5 Å². The molecule has 9 heteroatoms. The Morgan fingerprint density at radius 2 is 1.94 bits per heavy atom. The van der Waals surface area contributed by atoms with Gasteiger partial charge >= 0.3 is 6.09 Å². The fourth-order valence-electron chi connectivity index (χ4n) is 4.03. The van der Waals surface area contributed by atoms with E-state index in [4.69, 9.17) is 4.74 Å². The Labute approximate surface area is 180 Å². The molecule has 2 amide bonds. The molecule has 2 aromatic heterocycles. The molecule has 9 nitrogen and oxygen atoms in total. The number of H-pyrrole nitrogens is 1. The quantitative estimate of drug-likeness (QED) is 0.560. The van der Waals surface area contributed by atoms with E-state index in [2.05, 4.69) is 30.8 Å². The minimum Gasteiger partial charge on any atom is -0.445 e. The summed E-state index contributed by atoms with van der Waals surface area (Å²) in [5.74, 6) is 0.669. The number of nitrogens with zero attached hydrogens (tertiary/aromatic N) is 3. The largest absolute Gasteiger partial charge is 0.445 e. The van der Waals surface area contributed by atoms with Crippen molar-refractivity contribution in [3.8, 4) is 0 Å². The SMILES string of the molecule is CC(NC(=O)OCc1ccccc1)[C@H]1CC[C@H](C(=O)Nc2ncnc3[nH]ncc23)CC1. The van der Waals surface area contributed by atoms with Gasteiger partial charge in [0.1, 0.15) is 18.8 Å². The van der Waals surface area contributed by atoms with Crippen molar-refractivity contribution < 1.29 is 14.3 Å². The van der Waals surface area contributed by atoms with Gasteiger partial charge in [0.05, 0.1) is 11.6 Å². The lowest BCUT2D eigenvalue weighted by Gasteiger charge is -2.31. The van der Waals surface area contributed by atoms with Crippen LogP contribution in [0.4, 0.5) is 10.6 Å². The molecule has 162 valence electrons. The molecule has 1 atom stereocenters. The van der Waals surface area contributed by atoms with Gasteiger partial charge in [-0.05, 0) is 44.1 Å². The minimum atomic E-state index is -0.413. The molecular weight excluding hydrogens is 396 g/mol. The lowest BCUT2D eigenvalue weighted by Crippen LogP contribution is -2.40. The summed E-state index contributed by atoms with van der Waals surface area (Å²) in [5.41, 5.74) is 1.54. The number of amides is 2. The van der Waals surface area contributed by atoms with Crippen LogP contribution < -0.4 is 10.6 Å². The predicted octanol–water partition coefficient (Wildman–Crippen LogP) is 3.41. The highest BCUT2D eigenvalue weighted by Gasteiger charge is 2.30. The third-order valence-electron chi connectivity index (χ3n) is 5.90. The van der Waals surface area contributed by atoms with Crippen LogP contribution in [0.5, 0.6) is 0 Å².